The molecule has 1 aromatic carbocycles. The average Bonchev–Trinajstić information content (AvgIpc) is 2.88. The SMILES string of the molecule is CC(C)(C)OC(=O)N1CCN(c2cncc(O[C@H]3CC[C@H](Nc4ccc(C#N)c(C(F)(F)F)c4)CC3)c2)CC1. The maximum atomic E-state index is 13.3. The van der Waals surface area contributed by atoms with Crippen LogP contribution in [-0.4, -0.2) is 59.9 Å². The first kappa shape index (κ1) is 28.3. The Morgan fingerprint density at radius 3 is 2.36 bits per heavy atom. The van der Waals surface area contributed by atoms with Gasteiger partial charge in [-0.2, -0.15) is 18.4 Å². The van der Waals surface area contributed by atoms with Crippen molar-refractivity contribution in [3.8, 4) is 11.8 Å². The fraction of sp³-hybridized carbons (Fsp3) is 0.536. The predicted molar refractivity (Wildman–Crippen MR) is 141 cm³/mol. The molecule has 8 nitrogen and oxygen atoms in total. The summed E-state index contributed by atoms with van der Waals surface area (Å²) in [6, 6.07) is 7.31. The molecule has 0 spiro atoms. The largest absolute Gasteiger partial charge is 0.489 e. The summed E-state index contributed by atoms with van der Waals surface area (Å²) in [5.41, 5.74) is -0.557. The molecule has 1 amide bonds. The molecule has 2 aromatic rings. The molecule has 0 bridgehead atoms. The summed E-state index contributed by atoms with van der Waals surface area (Å²) in [4.78, 5) is 20.5. The lowest BCUT2D eigenvalue weighted by Gasteiger charge is -2.36. The Bertz CT molecular complexity index is 1190. The summed E-state index contributed by atoms with van der Waals surface area (Å²) in [5.74, 6) is 0.667. The standard InChI is InChI=1S/C28H34F3N5O3/c1-27(2,3)39-26(37)36-12-10-35(11-13-36)22-15-24(18-33-17-22)38-23-8-6-20(7-9-23)34-21-5-4-19(16-32)25(14-21)28(29,30)31/h4-5,14-15,17-18,20,23,34H,6-13H2,1-3H3/t20-,23-. The second-order valence-corrected chi connectivity index (χ2v) is 10.9. The Labute approximate surface area is 226 Å². The quantitative estimate of drug-likeness (QED) is 0.505. The van der Waals surface area contributed by atoms with Crippen LogP contribution in [0.5, 0.6) is 5.75 Å². The first-order valence-corrected chi connectivity index (χ1v) is 13.1. The van der Waals surface area contributed by atoms with E-state index in [1.807, 2.05) is 26.8 Å². The molecular weight excluding hydrogens is 511 g/mol. The van der Waals surface area contributed by atoms with Crippen molar-refractivity contribution in [2.24, 2.45) is 0 Å². The molecule has 2 aliphatic rings. The Morgan fingerprint density at radius 1 is 1.05 bits per heavy atom. The number of anilines is 2. The van der Waals surface area contributed by atoms with Crippen LogP contribution < -0.4 is 15.0 Å². The van der Waals surface area contributed by atoms with Crippen molar-refractivity contribution in [3.05, 3.63) is 47.8 Å². The molecule has 1 N–H and O–H groups in total. The Kier molecular flexibility index (Phi) is 8.42. The highest BCUT2D eigenvalue weighted by atomic mass is 19.4. The zero-order valence-electron chi connectivity index (χ0n) is 22.4. The monoisotopic (exact) mass is 545 g/mol. The molecule has 4 rings (SSSR count). The number of ether oxygens (including phenoxy) is 2. The minimum absolute atomic E-state index is 0.0178. The van der Waals surface area contributed by atoms with Gasteiger partial charge in [0.2, 0.25) is 0 Å². The number of hydrogen-bond acceptors (Lipinski definition) is 7. The molecule has 1 aliphatic carbocycles. The number of benzene rings is 1. The number of carbonyl (C=O) groups excluding carboxylic acids is 1. The number of carbonyl (C=O) groups is 1. The fourth-order valence-electron chi connectivity index (χ4n) is 4.84. The highest BCUT2D eigenvalue weighted by molar-refractivity contribution is 5.68. The van der Waals surface area contributed by atoms with Crippen LogP contribution in [0.15, 0.2) is 36.7 Å². The van der Waals surface area contributed by atoms with Crippen LogP contribution >= 0.6 is 0 Å². The number of pyridine rings is 1. The van der Waals surface area contributed by atoms with Gasteiger partial charge in [-0.3, -0.25) is 4.98 Å². The van der Waals surface area contributed by atoms with Crippen LogP contribution in [0.25, 0.3) is 0 Å². The van der Waals surface area contributed by atoms with Crippen LogP contribution in [0, 0.1) is 11.3 Å². The van der Waals surface area contributed by atoms with Gasteiger partial charge >= 0.3 is 12.3 Å². The number of piperazine rings is 1. The fourth-order valence-corrected chi connectivity index (χ4v) is 4.84. The molecular formula is C28H34F3N5O3. The van der Waals surface area contributed by atoms with Gasteiger partial charge in [0.1, 0.15) is 11.4 Å². The van der Waals surface area contributed by atoms with Crippen molar-refractivity contribution >= 4 is 17.5 Å². The van der Waals surface area contributed by atoms with E-state index in [1.165, 1.54) is 12.1 Å². The minimum Gasteiger partial charge on any atom is -0.489 e. The maximum absolute atomic E-state index is 13.3. The van der Waals surface area contributed by atoms with Crippen LogP contribution in [0.2, 0.25) is 0 Å². The van der Waals surface area contributed by atoms with Gasteiger partial charge in [-0.1, -0.05) is 0 Å². The zero-order valence-corrected chi connectivity index (χ0v) is 22.4. The normalized spacial score (nSPS) is 20.2. The molecule has 2 fully saturated rings. The third-order valence-electron chi connectivity index (χ3n) is 6.79. The number of amides is 1. The Hall–Kier alpha value is -3.68. The lowest BCUT2D eigenvalue weighted by atomic mass is 9.92. The maximum Gasteiger partial charge on any atom is 0.417 e. The van der Waals surface area contributed by atoms with Gasteiger partial charge in [0.05, 0.1) is 41.4 Å². The molecule has 0 radical (unpaired) electrons. The molecule has 210 valence electrons. The van der Waals surface area contributed by atoms with Crippen molar-refractivity contribution < 1.29 is 27.4 Å². The van der Waals surface area contributed by atoms with Gasteiger partial charge in [-0.15, -0.1) is 0 Å². The zero-order chi connectivity index (χ0) is 28.2. The summed E-state index contributed by atoms with van der Waals surface area (Å²) in [7, 11) is 0. The number of nitrogens with zero attached hydrogens (tertiary/aromatic N) is 4. The molecule has 2 heterocycles. The molecule has 1 saturated carbocycles. The molecule has 1 saturated heterocycles. The summed E-state index contributed by atoms with van der Waals surface area (Å²) < 4.78 is 51.5. The van der Waals surface area contributed by atoms with Crippen molar-refractivity contribution in [1.29, 1.82) is 5.26 Å². The Morgan fingerprint density at radius 2 is 1.74 bits per heavy atom. The van der Waals surface area contributed by atoms with Crippen LogP contribution in [0.1, 0.15) is 57.6 Å². The van der Waals surface area contributed by atoms with Crippen molar-refractivity contribution in [2.45, 2.75) is 70.4 Å². The Balaban J connectivity index is 1.27. The van der Waals surface area contributed by atoms with E-state index in [9.17, 15) is 18.0 Å². The van der Waals surface area contributed by atoms with Gasteiger partial charge in [-0.25, -0.2) is 4.79 Å². The summed E-state index contributed by atoms with van der Waals surface area (Å²) in [6.07, 6.45) is 1.54. The van der Waals surface area contributed by atoms with E-state index < -0.39 is 17.3 Å². The van der Waals surface area contributed by atoms with Crippen molar-refractivity contribution in [3.63, 3.8) is 0 Å². The van der Waals surface area contributed by atoms with E-state index in [2.05, 4.69) is 15.2 Å². The van der Waals surface area contributed by atoms with Crippen LogP contribution in [-0.2, 0) is 10.9 Å². The van der Waals surface area contributed by atoms with Gasteiger partial charge in [-0.05, 0) is 64.7 Å². The van der Waals surface area contributed by atoms with E-state index in [0.717, 1.165) is 37.4 Å². The number of rotatable bonds is 5. The summed E-state index contributed by atoms with van der Waals surface area (Å²) >= 11 is 0. The highest BCUT2D eigenvalue weighted by Crippen LogP contribution is 2.34. The molecule has 1 aromatic heterocycles. The minimum atomic E-state index is -4.58. The number of aromatic nitrogens is 1. The van der Waals surface area contributed by atoms with Gasteiger partial charge in [0, 0.05) is 44.0 Å². The summed E-state index contributed by atoms with van der Waals surface area (Å²) in [6.45, 7) is 7.98. The van der Waals surface area contributed by atoms with Crippen LogP contribution in [0.4, 0.5) is 29.3 Å². The third kappa shape index (κ3) is 7.68. The number of nitriles is 1. The third-order valence-corrected chi connectivity index (χ3v) is 6.79. The van der Waals surface area contributed by atoms with E-state index in [4.69, 9.17) is 14.7 Å². The number of nitrogens with one attached hydrogen (secondary N) is 1. The van der Waals surface area contributed by atoms with E-state index in [0.29, 0.717) is 37.6 Å². The second kappa shape index (κ2) is 11.6. The van der Waals surface area contributed by atoms with Gasteiger partial charge in [0.25, 0.3) is 0 Å². The average molecular weight is 546 g/mol. The second-order valence-electron chi connectivity index (χ2n) is 10.9. The van der Waals surface area contributed by atoms with E-state index >= 15 is 0 Å². The number of halogens is 3. The molecule has 0 unspecified atom stereocenters. The predicted octanol–water partition coefficient (Wildman–Crippen LogP) is 5.83. The molecule has 39 heavy (non-hydrogen) atoms. The topological polar surface area (TPSA) is 90.7 Å². The smallest absolute Gasteiger partial charge is 0.417 e. The number of hydrogen-bond donors (Lipinski definition) is 1. The van der Waals surface area contributed by atoms with Crippen molar-refractivity contribution in [1.82, 2.24) is 9.88 Å². The summed E-state index contributed by atoms with van der Waals surface area (Å²) in [5, 5.41) is 12.2. The van der Waals surface area contributed by atoms with Crippen molar-refractivity contribution in [2.75, 3.05) is 36.4 Å². The lowest BCUT2D eigenvalue weighted by molar-refractivity contribution is -0.137. The number of alkyl halides is 3. The molecule has 0 atom stereocenters. The highest BCUT2D eigenvalue weighted by Gasteiger charge is 2.34. The van der Waals surface area contributed by atoms with Crippen LogP contribution in [0.3, 0.4) is 0 Å². The molecule has 1 aliphatic heterocycles. The lowest BCUT2D eigenvalue weighted by Crippen LogP contribution is -2.50. The van der Waals surface area contributed by atoms with E-state index in [1.54, 1.807) is 23.4 Å². The first-order chi connectivity index (χ1) is 18.4. The van der Waals surface area contributed by atoms with Gasteiger partial charge in [0.15, 0.2) is 0 Å². The van der Waals surface area contributed by atoms with Gasteiger partial charge < -0.3 is 24.6 Å². The first-order valence-electron chi connectivity index (χ1n) is 13.1. The molecule has 11 heteroatoms. The van der Waals surface area contributed by atoms with E-state index in [-0.39, 0.29) is 23.8 Å².